The molecule has 8 nitrogen and oxygen atoms in total. The first-order valence-electron chi connectivity index (χ1n) is 9.45. The minimum absolute atomic E-state index is 0.138. The number of aromatic nitrogens is 4. The molecule has 0 unspecified atom stereocenters. The van der Waals surface area contributed by atoms with Crippen molar-refractivity contribution in [2.45, 2.75) is 44.6 Å². The number of rotatable bonds is 6. The Morgan fingerprint density at radius 1 is 1.04 bits per heavy atom. The SMILES string of the molecule is O=C(OCC(=O)N1CCCCCCC1)[C@H](Cc1ccccc1)n1cnnn1. The summed E-state index contributed by atoms with van der Waals surface area (Å²) in [7, 11) is 0. The van der Waals surface area contributed by atoms with Gasteiger partial charge in [-0.05, 0) is 28.8 Å². The lowest BCUT2D eigenvalue weighted by Crippen LogP contribution is -2.37. The van der Waals surface area contributed by atoms with Gasteiger partial charge in [0.25, 0.3) is 5.91 Å². The van der Waals surface area contributed by atoms with Crippen LogP contribution in [0, 0.1) is 0 Å². The van der Waals surface area contributed by atoms with Gasteiger partial charge in [0.1, 0.15) is 6.33 Å². The minimum Gasteiger partial charge on any atom is -0.454 e. The monoisotopic (exact) mass is 371 g/mol. The van der Waals surface area contributed by atoms with Crippen LogP contribution in [0.4, 0.5) is 0 Å². The van der Waals surface area contributed by atoms with Crippen LogP contribution in [0.2, 0.25) is 0 Å². The van der Waals surface area contributed by atoms with E-state index < -0.39 is 12.0 Å². The highest BCUT2D eigenvalue weighted by molar-refractivity contribution is 5.82. The van der Waals surface area contributed by atoms with Crippen LogP contribution in [-0.4, -0.2) is 56.7 Å². The lowest BCUT2D eigenvalue weighted by molar-refractivity contribution is -0.155. The van der Waals surface area contributed by atoms with E-state index in [9.17, 15) is 9.59 Å². The zero-order valence-corrected chi connectivity index (χ0v) is 15.4. The van der Waals surface area contributed by atoms with Crippen molar-refractivity contribution in [2.75, 3.05) is 19.7 Å². The van der Waals surface area contributed by atoms with Gasteiger partial charge in [0.05, 0.1) is 0 Å². The van der Waals surface area contributed by atoms with E-state index in [0.29, 0.717) is 6.42 Å². The molecule has 1 atom stereocenters. The fourth-order valence-electron chi connectivity index (χ4n) is 3.25. The van der Waals surface area contributed by atoms with Gasteiger partial charge in [0.15, 0.2) is 12.6 Å². The van der Waals surface area contributed by atoms with E-state index in [4.69, 9.17) is 4.74 Å². The predicted molar refractivity (Wildman–Crippen MR) is 97.6 cm³/mol. The smallest absolute Gasteiger partial charge is 0.331 e. The molecule has 27 heavy (non-hydrogen) atoms. The topological polar surface area (TPSA) is 90.2 Å². The highest BCUT2D eigenvalue weighted by Crippen LogP contribution is 2.15. The average molecular weight is 371 g/mol. The first kappa shape index (κ1) is 19.0. The maximum absolute atomic E-state index is 12.6. The summed E-state index contributed by atoms with van der Waals surface area (Å²) in [6.45, 7) is 1.22. The zero-order valence-electron chi connectivity index (χ0n) is 15.4. The van der Waals surface area contributed by atoms with E-state index in [1.807, 2.05) is 30.3 Å². The Morgan fingerprint density at radius 2 is 1.74 bits per heavy atom. The van der Waals surface area contributed by atoms with Crippen LogP contribution >= 0.6 is 0 Å². The molecule has 0 bridgehead atoms. The lowest BCUT2D eigenvalue weighted by Gasteiger charge is -2.25. The summed E-state index contributed by atoms with van der Waals surface area (Å²) in [5.74, 6) is -0.646. The van der Waals surface area contributed by atoms with Crippen molar-refractivity contribution < 1.29 is 14.3 Å². The molecule has 8 heteroatoms. The van der Waals surface area contributed by atoms with E-state index in [2.05, 4.69) is 15.5 Å². The van der Waals surface area contributed by atoms with Crippen molar-refractivity contribution in [3.63, 3.8) is 0 Å². The third-order valence-electron chi connectivity index (χ3n) is 4.77. The molecule has 1 saturated heterocycles. The Labute approximate surface area is 158 Å². The number of esters is 1. The number of amides is 1. The summed E-state index contributed by atoms with van der Waals surface area (Å²) >= 11 is 0. The van der Waals surface area contributed by atoms with Gasteiger partial charge in [-0.3, -0.25) is 4.79 Å². The quantitative estimate of drug-likeness (QED) is 0.719. The normalized spacial score (nSPS) is 16.2. The number of nitrogens with zero attached hydrogens (tertiary/aromatic N) is 5. The summed E-state index contributed by atoms with van der Waals surface area (Å²) < 4.78 is 6.71. The van der Waals surface area contributed by atoms with Crippen molar-refractivity contribution in [2.24, 2.45) is 0 Å². The van der Waals surface area contributed by atoms with Crippen LogP contribution in [0.15, 0.2) is 36.7 Å². The average Bonchev–Trinajstić information content (AvgIpc) is 3.19. The maximum Gasteiger partial charge on any atom is 0.331 e. The van der Waals surface area contributed by atoms with Crippen LogP contribution in [0.25, 0.3) is 0 Å². The molecule has 2 aromatic rings. The molecular formula is C19H25N5O3. The van der Waals surface area contributed by atoms with Crippen molar-refractivity contribution in [1.29, 1.82) is 0 Å². The maximum atomic E-state index is 12.6. The second-order valence-corrected chi connectivity index (χ2v) is 6.75. The fourth-order valence-corrected chi connectivity index (χ4v) is 3.25. The number of carbonyl (C=O) groups excluding carboxylic acids is 2. The molecule has 1 fully saturated rings. The predicted octanol–water partition coefficient (Wildman–Crippen LogP) is 1.79. The van der Waals surface area contributed by atoms with Gasteiger partial charge in [0.2, 0.25) is 0 Å². The number of hydrogen-bond donors (Lipinski definition) is 0. The Bertz CT molecular complexity index is 712. The third-order valence-corrected chi connectivity index (χ3v) is 4.77. The number of carbonyl (C=O) groups is 2. The fraction of sp³-hybridized carbons (Fsp3) is 0.526. The summed E-state index contributed by atoms with van der Waals surface area (Å²) in [6.07, 6.45) is 7.29. The molecular weight excluding hydrogens is 346 g/mol. The van der Waals surface area contributed by atoms with Gasteiger partial charge in [-0.2, -0.15) is 0 Å². The Balaban J connectivity index is 1.59. The Kier molecular flexibility index (Phi) is 6.90. The van der Waals surface area contributed by atoms with Crippen LogP contribution in [0.5, 0.6) is 0 Å². The molecule has 0 saturated carbocycles. The van der Waals surface area contributed by atoms with Gasteiger partial charge < -0.3 is 9.64 Å². The summed E-state index contributed by atoms with van der Waals surface area (Å²) in [5.41, 5.74) is 0.963. The van der Waals surface area contributed by atoms with Gasteiger partial charge in [-0.15, -0.1) is 5.10 Å². The summed E-state index contributed by atoms with van der Waals surface area (Å²) in [5, 5.41) is 11.0. The van der Waals surface area contributed by atoms with Gasteiger partial charge in [-0.1, -0.05) is 49.6 Å². The molecule has 1 aromatic carbocycles. The number of tetrazole rings is 1. The molecule has 3 rings (SSSR count). The van der Waals surface area contributed by atoms with Crippen LogP contribution < -0.4 is 0 Å². The molecule has 1 aromatic heterocycles. The highest BCUT2D eigenvalue weighted by Gasteiger charge is 2.25. The number of likely N-dealkylation sites (tertiary alicyclic amines) is 1. The van der Waals surface area contributed by atoms with Crippen LogP contribution in [0.3, 0.4) is 0 Å². The second-order valence-electron chi connectivity index (χ2n) is 6.75. The second kappa shape index (κ2) is 9.80. The molecule has 0 N–H and O–H groups in total. The van der Waals surface area contributed by atoms with Gasteiger partial charge in [0, 0.05) is 19.5 Å². The summed E-state index contributed by atoms with van der Waals surface area (Å²) in [6, 6.07) is 8.87. The first-order chi connectivity index (χ1) is 13.2. The van der Waals surface area contributed by atoms with Crippen molar-refractivity contribution in [1.82, 2.24) is 25.1 Å². The first-order valence-corrected chi connectivity index (χ1v) is 9.45. The van der Waals surface area contributed by atoms with Crippen LogP contribution in [-0.2, 0) is 20.7 Å². The molecule has 1 aliphatic rings. The van der Waals surface area contributed by atoms with Crippen LogP contribution in [0.1, 0.15) is 43.7 Å². The lowest BCUT2D eigenvalue weighted by atomic mass is 10.1. The van der Waals surface area contributed by atoms with Gasteiger partial charge >= 0.3 is 5.97 Å². The largest absolute Gasteiger partial charge is 0.454 e. The molecule has 0 spiro atoms. The molecule has 1 amide bonds. The number of hydrogen-bond acceptors (Lipinski definition) is 6. The Morgan fingerprint density at radius 3 is 2.41 bits per heavy atom. The molecule has 2 heterocycles. The van der Waals surface area contributed by atoms with Gasteiger partial charge in [-0.25, -0.2) is 9.48 Å². The standard InChI is InChI=1S/C19H25N5O3/c25-18(23-11-7-2-1-3-8-12-23)14-27-19(26)17(24-15-20-21-22-24)13-16-9-5-4-6-10-16/h4-6,9-10,15,17H,1-3,7-8,11-14H2/t17-/m0/s1. The highest BCUT2D eigenvalue weighted by atomic mass is 16.5. The number of benzene rings is 1. The van der Waals surface area contributed by atoms with E-state index in [1.165, 1.54) is 17.4 Å². The summed E-state index contributed by atoms with van der Waals surface area (Å²) in [4.78, 5) is 26.9. The number of ether oxygens (including phenoxy) is 1. The van der Waals surface area contributed by atoms with E-state index in [-0.39, 0.29) is 12.5 Å². The van der Waals surface area contributed by atoms with Crippen molar-refractivity contribution >= 4 is 11.9 Å². The third kappa shape index (κ3) is 5.60. The Hall–Kier alpha value is -2.77. The van der Waals surface area contributed by atoms with Crippen molar-refractivity contribution in [3.05, 3.63) is 42.2 Å². The van der Waals surface area contributed by atoms with E-state index in [0.717, 1.165) is 44.3 Å². The molecule has 1 aliphatic heterocycles. The molecule has 0 aliphatic carbocycles. The van der Waals surface area contributed by atoms with E-state index >= 15 is 0 Å². The molecule has 0 radical (unpaired) electrons. The minimum atomic E-state index is -0.706. The van der Waals surface area contributed by atoms with E-state index in [1.54, 1.807) is 4.90 Å². The zero-order chi connectivity index (χ0) is 18.9. The molecule has 144 valence electrons. The van der Waals surface area contributed by atoms with Crippen molar-refractivity contribution in [3.8, 4) is 0 Å².